The van der Waals surface area contributed by atoms with E-state index in [2.05, 4.69) is 57.0 Å². The summed E-state index contributed by atoms with van der Waals surface area (Å²) < 4.78 is 1.39. The highest BCUT2D eigenvalue weighted by atomic mass is 127. The normalized spacial score (nSPS) is 27.7. The van der Waals surface area contributed by atoms with Crippen LogP contribution in [0.15, 0.2) is 18.2 Å². The van der Waals surface area contributed by atoms with Crippen molar-refractivity contribution in [3.05, 3.63) is 32.9 Å². The van der Waals surface area contributed by atoms with Crippen molar-refractivity contribution in [3.63, 3.8) is 0 Å². The predicted molar refractivity (Wildman–Crippen MR) is 135 cm³/mol. The fourth-order valence-electron chi connectivity index (χ4n) is 6.46. The molecule has 0 spiro atoms. The number of rotatable bonds is 8. The molecule has 3 aliphatic rings. The first-order chi connectivity index (χ1) is 14.0. The maximum atomic E-state index is 13.2. The van der Waals surface area contributed by atoms with Crippen LogP contribution in [-0.2, 0) is 11.2 Å². The van der Waals surface area contributed by atoms with Crippen LogP contribution in [0.1, 0.15) is 101 Å². The van der Waals surface area contributed by atoms with Crippen molar-refractivity contribution in [2.24, 2.45) is 17.3 Å². The quantitative estimate of drug-likeness (QED) is 0.252. The van der Waals surface area contributed by atoms with Gasteiger partial charge < -0.3 is 0 Å². The molecule has 0 heterocycles. The number of halogens is 1. The molecular weight excluding hydrogens is 486 g/mol. The minimum atomic E-state index is 0.0155. The van der Waals surface area contributed by atoms with Crippen molar-refractivity contribution in [3.8, 4) is 0 Å². The van der Waals surface area contributed by atoms with Crippen molar-refractivity contribution in [1.82, 2.24) is 0 Å². The van der Waals surface area contributed by atoms with E-state index in [1.807, 2.05) is 0 Å². The zero-order chi connectivity index (χ0) is 20.4. The number of aryl methyl sites for hydroxylation is 1. The van der Waals surface area contributed by atoms with Gasteiger partial charge in [-0.05, 0) is 121 Å². The van der Waals surface area contributed by atoms with Gasteiger partial charge in [-0.15, -0.1) is 9.24 Å². The minimum absolute atomic E-state index is 0.0155. The van der Waals surface area contributed by atoms with Crippen molar-refractivity contribution in [1.29, 1.82) is 0 Å². The van der Waals surface area contributed by atoms with Crippen LogP contribution in [-0.4, -0.2) is 11.4 Å². The number of hydrogen-bond donors (Lipinski definition) is 0. The molecule has 1 aromatic rings. The van der Waals surface area contributed by atoms with Crippen molar-refractivity contribution in [2.75, 3.05) is 0 Å². The first-order valence-corrected chi connectivity index (χ1v) is 13.8. The summed E-state index contributed by atoms with van der Waals surface area (Å²) in [5, 5.41) is 0. The molecule has 3 heteroatoms. The third-order valence-corrected chi connectivity index (χ3v) is 9.79. The van der Waals surface area contributed by atoms with Crippen LogP contribution in [0.25, 0.3) is 0 Å². The Hall–Kier alpha value is 0.0500. The number of carbonyl (C=O) groups is 1. The van der Waals surface area contributed by atoms with Crippen molar-refractivity contribution in [2.45, 2.75) is 102 Å². The molecule has 0 aromatic heterocycles. The van der Waals surface area contributed by atoms with E-state index in [1.54, 1.807) is 11.1 Å². The smallest absolute Gasteiger partial charge is 0.142 e. The van der Waals surface area contributed by atoms with Gasteiger partial charge in [-0.3, -0.25) is 4.79 Å². The SMILES string of the molecule is CC(P)C1(C(=O)C2CCC(CCCc3ccc(I)cc3C3CCCC3)C2)CCC1. The lowest BCUT2D eigenvalue weighted by molar-refractivity contribution is -0.137. The molecule has 29 heavy (non-hydrogen) atoms. The Labute approximate surface area is 193 Å². The lowest BCUT2D eigenvalue weighted by Crippen LogP contribution is -2.46. The largest absolute Gasteiger partial charge is 0.299 e. The Balaban J connectivity index is 1.29. The summed E-state index contributed by atoms with van der Waals surface area (Å²) in [4.78, 5) is 13.2. The van der Waals surface area contributed by atoms with Gasteiger partial charge in [0.15, 0.2) is 0 Å². The highest BCUT2D eigenvalue weighted by molar-refractivity contribution is 14.1. The summed E-state index contributed by atoms with van der Waals surface area (Å²) in [6, 6.07) is 7.15. The molecule has 3 saturated carbocycles. The van der Waals surface area contributed by atoms with Crippen LogP contribution in [0.5, 0.6) is 0 Å². The zero-order valence-electron chi connectivity index (χ0n) is 18.1. The Kier molecular flexibility index (Phi) is 7.43. The molecule has 0 N–H and O–H groups in total. The van der Waals surface area contributed by atoms with E-state index in [1.165, 1.54) is 67.8 Å². The van der Waals surface area contributed by atoms with E-state index in [4.69, 9.17) is 0 Å². The Bertz CT molecular complexity index is 717. The molecular formula is C26H38IOP. The summed E-state index contributed by atoms with van der Waals surface area (Å²) in [5.41, 5.74) is 3.71. The summed E-state index contributed by atoms with van der Waals surface area (Å²) in [6.45, 7) is 2.23. The maximum Gasteiger partial charge on any atom is 0.142 e. The predicted octanol–water partition coefficient (Wildman–Crippen LogP) is 7.69. The monoisotopic (exact) mass is 524 g/mol. The number of carbonyl (C=O) groups excluding carboxylic acids is 1. The Morgan fingerprint density at radius 1 is 1.17 bits per heavy atom. The van der Waals surface area contributed by atoms with Gasteiger partial charge in [0.1, 0.15) is 5.78 Å². The van der Waals surface area contributed by atoms with Crippen molar-refractivity contribution < 1.29 is 4.79 Å². The van der Waals surface area contributed by atoms with Crippen LogP contribution in [0.4, 0.5) is 0 Å². The molecule has 0 aliphatic heterocycles. The van der Waals surface area contributed by atoms with Gasteiger partial charge in [-0.2, -0.15) is 0 Å². The second-order valence-electron chi connectivity index (χ2n) is 10.3. The fourth-order valence-corrected chi connectivity index (χ4v) is 7.47. The zero-order valence-corrected chi connectivity index (χ0v) is 21.4. The summed E-state index contributed by atoms with van der Waals surface area (Å²) in [7, 11) is 2.93. The molecule has 160 valence electrons. The van der Waals surface area contributed by atoms with Gasteiger partial charge in [0.05, 0.1) is 0 Å². The average molecular weight is 524 g/mol. The molecule has 4 unspecified atom stereocenters. The lowest BCUT2D eigenvalue weighted by Gasteiger charge is -2.45. The van der Waals surface area contributed by atoms with Gasteiger partial charge in [-0.1, -0.05) is 38.7 Å². The second kappa shape index (κ2) is 9.68. The molecule has 3 fully saturated rings. The number of Topliss-reactive ketones (excluding diaryl/α,β-unsaturated/α-hetero) is 1. The summed E-state index contributed by atoms with van der Waals surface area (Å²) >= 11 is 2.47. The van der Waals surface area contributed by atoms with Gasteiger partial charge >= 0.3 is 0 Å². The van der Waals surface area contributed by atoms with Crippen LogP contribution < -0.4 is 0 Å². The maximum absolute atomic E-state index is 13.2. The summed E-state index contributed by atoms with van der Waals surface area (Å²) in [6.07, 6.45) is 16.5. The number of hydrogen-bond acceptors (Lipinski definition) is 1. The number of ketones is 1. The molecule has 0 saturated heterocycles. The van der Waals surface area contributed by atoms with E-state index in [9.17, 15) is 4.79 Å². The Morgan fingerprint density at radius 3 is 2.59 bits per heavy atom. The third-order valence-electron chi connectivity index (χ3n) is 8.48. The molecule has 4 atom stereocenters. The van der Waals surface area contributed by atoms with E-state index in [0.29, 0.717) is 17.4 Å². The minimum Gasteiger partial charge on any atom is -0.299 e. The van der Waals surface area contributed by atoms with Crippen molar-refractivity contribution >= 4 is 37.6 Å². The first-order valence-electron chi connectivity index (χ1n) is 12.1. The van der Waals surface area contributed by atoms with Gasteiger partial charge in [0.2, 0.25) is 0 Å². The molecule has 0 amide bonds. The second-order valence-corrected chi connectivity index (χ2v) is 12.5. The molecule has 1 nitrogen and oxygen atoms in total. The van der Waals surface area contributed by atoms with Crippen LogP contribution in [0.3, 0.4) is 0 Å². The van der Waals surface area contributed by atoms with Gasteiger partial charge in [0, 0.05) is 14.9 Å². The first kappa shape index (κ1) is 22.3. The van der Waals surface area contributed by atoms with Crippen LogP contribution in [0, 0.1) is 20.8 Å². The van der Waals surface area contributed by atoms with E-state index in [-0.39, 0.29) is 5.41 Å². The highest BCUT2D eigenvalue weighted by Gasteiger charge is 2.49. The molecule has 0 bridgehead atoms. The van der Waals surface area contributed by atoms with E-state index < -0.39 is 0 Å². The standard InChI is InChI=1S/C26H38IOP/c1-18(29)26(14-5-15-26)25(28)22-11-10-19(16-22)6-4-9-21-12-13-23(27)17-24(21)20-7-2-3-8-20/h12-13,17-20,22H,2-11,14-16,29H2,1H3. The number of benzene rings is 1. The van der Waals surface area contributed by atoms with Gasteiger partial charge in [-0.25, -0.2) is 0 Å². The molecule has 3 aliphatic carbocycles. The average Bonchev–Trinajstić information content (AvgIpc) is 3.33. The molecule has 1 aromatic carbocycles. The van der Waals surface area contributed by atoms with Gasteiger partial charge in [0.25, 0.3) is 0 Å². The highest BCUT2D eigenvalue weighted by Crippen LogP contribution is 2.51. The van der Waals surface area contributed by atoms with Crippen LogP contribution in [0.2, 0.25) is 0 Å². The van der Waals surface area contributed by atoms with E-state index in [0.717, 1.165) is 31.1 Å². The summed E-state index contributed by atoms with van der Waals surface area (Å²) in [5.74, 6) is 2.56. The third kappa shape index (κ3) is 4.79. The molecule has 0 radical (unpaired) electrons. The van der Waals surface area contributed by atoms with E-state index >= 15 is 0 Å². The molecule has 4 rings (SSSR count). The lowest BCUT2D eigenvalue weighted by atomic mass is 9.61. The Morgan fingerprint density at radius 2 is 1.93 bits per heavy atom. The van der Waals surface area contributed by atoms with Crippen LogP contribution >= 0.6 is 31.8 Å². The topological polar surface area (TPSA) is 17.1 Å². The fraction of sp³-hybridized carbons (Fsp3) is 0.731.